The van der Waals surface area contributed by atoms with Crippen LogP contribution in [0.3, 0.4) is 0 Å². The van der Waals surface area contributed by atoms with Gasteiger partial charge in [0.1, 0.15) is 0 Å². The molecule has 0 aliphatic heterocycles. The van der Waals surface area contributed by atoms with E-state index in [-0.39, 0.29) is 18.1 Å². The number of hydrogen-bond donors (Lipinski definition) is 2. The predicted octanol–water partition coefficient (Wildman–Crippen LogP) is 2.68. The van der Waals surface area contributed by atoms with E-state index in [9.17, 15) is 19.5 Å². The van der Waals surface area contributed by atoms with Crippen molar-refractivity contribution in [1.82, 2.24) is 0 Å². The fraction of sp³-hybridized carbons (Fsp3) is 0.591. The molecule has 0 saturated heterocycles. The minimum Gasteiger partial charge on any atom is -0.462 e. The third kappa shape index (κ3) is 3.88. The number of hydrogen-bond acceptors (Lipinski definition) is 6. The van der Waals surface area contributed by atoms with Crippen molar-refractivity contribution in [1.29, 1.82) is 0 Å². The summed E-state index contributed by atoms with van der Waals surface area (Å²) in [5.41, 5.74) is -0.861. The van der Waals surface area contributed by atoms with Gasteiger partial charge in [-0.1, -0.05) is 12.1 Å². The first kappa shape index (κ1) is 19.9. The number of ether oxygens (including phenoxy) is 2. The van der Waals surface area contributed by atoms with Crippen molar-refractivity contribution in [3.05, 3.63) is 29.8 Å². The Morgan fingerprint density at radius 1 is 1.10 bits per heavy atom. The molecule has 0 aromatic heterocycles. The second-order valence-electron chi connectivity index (χ2n) is 8.86. The van der Waals surface area contributed by atoms with Gasteiger partial charge in [-0.15, -0.1) is 0 Å². The zero-order valence-corrected chi connectivity index (χ0v) is 16.6. The van der Waals surface area contributed by atoms with E-state index in [0.29, 0.717) is 23.9 Å². The van der Waals surface area contributed by atoms with Gasteiger partial charge in [0.2, 0.25) is 0 Å². The fourth-order valence-corrected chi connectivity index (χ4v) is 5.90. The zero-order chi connectivity index (χ0) is 20.6. The van der Waals surface area contributed by atoms with Crippen LogP contribution in [0, 0.1) is 17.3 Å². The number of carbonyl (C=O) groups is 3. The van der Waals surface area contributed by atoms with Crippen molar-refractivity contribution in [2.24, 2.45) is 17.3 Å². The summed E-state index contributed by atoms with van der Waals surface area (Å²) in [4.78, 5) is 37.2. The van der Waals surface area contributed by atoms with Crippen LogP contribution in [0.5, 0.6) is 0 Å². The monoisotopic (exact) mass is 401 g/mol. The molecule has 1 amide bonds. The first-order chi connectivity index (χ1) is 13.8. The highest BCUT2D eigenvalue weighted by molar-refractivity contribution is 6.02. The molecule has 4 aliphatic rings. The van der Waals surface area contributed by atoms with E-state index >= 15 is 0 Å². The van der Waals surface area contributed by atoms with E-state index < -0.39 is 29.5 Å². The van der Waals surface area contributed by atoms with Crippen molar-refractivity contribution in [2.45, 2.75) is 51.0 Å². The van der Waals surface area contributed by atoms with Crippen LogP contribution in [0.1, 0.15) is 55.8 Å². The standard InChI is InChI=1S/C22H27NO6/c1-2-28-19(25)16-5-3-4-6-17(16)23-18(24)12-29-20(26)21-8-14-7-15(9-21)11-22(27,10-14)13-21/h3-6,14-15,27H,2,7-13H2,1H3,(H,23,24)/t14-,15+,21?,22?. The topological polar surface area (TPSA) is 102 Å². The van der Waals surface area contributed by atoms with Gasteiger partial charge in [0.25, 0.3) is 5.91 Å². The van der Waals surface area contributed by atoms with Crippen molar-refractivity contribution < 1.29 is 29.0 Å². The number of rotatable bonds is 6. The Morgan fingerprint density at radius 3 is 2.45 bits per heavy atom. The van der Waals surface area contributed by atoms with E-state index in [4.69, 9.17) is 9.47 Å². The summed E-state index contributed by atoms with van der Waals surface area (Å²) in [7, 11) is 0. The summed E-state index contributed by atoms with van der Waals surface area (Å²) >= 11 is 0. The third-order valence-corrected chi connectivity index (χ3v) is 6.49. The van der Waals surface area contributed by atoms with E-state index in [2.05, 4.69) is 5.32 Å². The van der Waals surface area contributed by atoms with Crippen LogP contribution in [-0.4, -0.2) is 41.8 Å². The minimum atomic E-state index is -0.760. The average Bonchev–Trinajstić information content (AvgIpc) is 2.64. The first-order valence-corrected chi connectivity index (χ1v) is 10.3. The Balaban J connectivity index is 1.37. The van der Waals surface area contributed by atoms with E-state index in [1.54, 1.807) is 31.2 Å². The number of benzene rings is 1. The summed E-state index contributed by atoms with van der Waals surface area (Å²) in [5.74, 6) is -0.710. The molecule has 2 unspecified atom stereocenters. The van der Waals surface area contributed by atoms with E-state index in [1.807, 2.05) is 0 Å². The largest absolute Gasteiger partial charge is 0.462 e. The summed E-state index contributed by atoms with van der Waals surface area (Å²) in [6.45, 7) is 1.51. The second kappa shape index (κ2) is 7.44. The molecule has 5 rings (SSSR count). The lowest BCUT2D eigenvalue weighted by Gasteiger charge is -2.58. The molecule has 4 aliphatic carbocycles. The number of aliphatic hydroxyl groups is 1. The van der Waals surface area contributed by atoms with Crippen LogP contribution in [0.4, 0.5) is 5.69 Å². The van der Waals surface area contributed by atoms with Gasteiger partial charge in [0, 0.05) is 0 Å². The highest BCUT2D eigenvalue weighted by atomic mass is 16.5. The molecule has 2 N–H and O–H groups in total. The number of amides is 1. The van der Waals surface area contributed by atoms with Crippen LogP contribution < -0.4 is 5.32 Å². The van der Waals surface area contributed by atoms with Gasteiger partial charge in [-0.25, -0.2) is 4.79 Å². The van der Waals surface area contributed by atoms with Gasteiger partial charge < -0.3 is 19.9 Å². The molecular weight excluding hydrogens is 374 g/mol. The summed E-state index contributed by atoms with van der Waals surface area (Å²) < 4.78 is 10.4. The molecule has 4 atom stereocenters. The SMILES string of the molecule is CCOC(=O)c1ccccc1NC(=O)COC(=O)C12C[C@@H]3C[C@@H](CC(O)(C3)C1)C2. The normalized spacial score (nSPS) is 31.9. The maximum Gasteiger partial charge on any atom is 0.340 e. The predicted molar refractivity (Wildman–Crippen MR) is 104 cm³/mol. The van der Waals surface area contributed by atoms with E-state index in [0.717, 1.165) is 32.1 Å². The lowest BCUT2D eigenvalue weighted by molar-refractivity contribution is -0.196. The van der Waals surface area contributed by atoms with Crippen LogP contribution in [-0.2, 0) is 19.1 Å². The van der Waals surface area contributed by atoms with Gasteiger partial charge in [-0.2, -0.15) is 0 Å². The smallest absolute Gasteiger partial charge is 0.340 e. The molecule has 156 valence electrons. The van der Waals surface area contributed by atoms with Crippen LogP contribution in [0.25, 0.3) is 0 Å². The van der Waals surface area contributed by atoms with Crippen molar-refractivity contribution >= 4 is 23.5 Å². The van der Waals surface area contributed by atoms with Crippen LogP contribution >= 0.6 is 0 Å². The molecule has 4 bridgehead atoms. The lowest BCUT2D eigenvalue weighted by atomic mass is 9.48. The maximum absolute atomic E-state index is 12.9. The molecular formula is C22H27NO6. The summed E-state index contributed by atoms with van der Waals surface area (Å²) in [6, 6.07) is 6.54. The molecule has 0 spiro atoms. The third-order valence-electron chi connectivity index (χ3n) is 6.49. The summed E-state index contributed by atoms with van der Waals surface area (Å²) in [6.07, 6.45) is 4.50. The Kier molecular flexibility index (Phi) is 5.11. The van der Waals surface area contributed by atoms with Gasteiger partial charge in [-0.3, -0.25) is 9.59 Å². The van der Waals surface area contributed by atoms with Gasteiger partial charge >= 0.3 is 11.9 Å². The van der Waals surface area contributed by atoms with Gasteiger partial charge in [0.05, 0.1) is 28.9 Å². The molecule has 4 fully saturated rings. The molecule has 0 radical (unpaired) electrons. The molecule has 0 heterocycles. The van der Waals surface area contributed by atoms with Crippen molar-refractivity contribution in [2.75, 3.05) is 18.5 Å². The number of esters is 2. The number of carbonyl (C=O) groups excluding carboxylic acids is 3. The maximum atomic E-state index is 12.9. The Hall–Kier alpha value is -2.41. The van der Waals surface area contributed by atoms with Crippen molar-refractivity contribution in [3.8, 4) is 0 Å². The summed E-state index contributed by atoms with van der Waals surface area (Å²) in [5, 5.41) is 13.4. The first-order valence-electron chi connectivity index (χ1n) is 10.3. The second-order valence-corrected chi connectivity index (χ2v) is 8.86. The van der Waals surface area contributed by atoms with Crippen molar-refractivity contribution in [3.63, 3.8) is 0 Å². The van der Waals surface area contributed by atoms with Gasteiger partial charge in [0.15, 0.2) is 6.61 Å². The Bertz CT molecular complexity index is 820. The minimum absolute atomic E-state index is 0.231. The molecule has 1 aromatic carbocycles. The fourth-order valence-electron chi connectivity index (χ4n) is 5.90. The molecule has 7 nitrogen and oxygen atoms in total. The molecule has 4 saturated carbocycles. The Labute approximate surface area is 169 Å². The van der Waals surface area contributed by atoms with Crippen LogP contribution in [0.2, 0.25) is 0 Å². The molecule has 29 heavy (non-hydrogen) atoms. The molecule has 7 heteroatoms. The van der Waals surface area contributed by atoms with Gasteiger partial charge in [-0.05, 0) is 69.4 Å². The number of para-hydroxylation sites is 1. The zero-order valence-electron chi connectivity index (χ0n) is 16.6. The Morgan fingerprint density at radius 2 is 1.79 bits per heavy atom. The number of anilines is 1. The van der Waals surface area contributed by atoms with Crippen LogP contribution in [0.15, 0.2) is 24.3 Å². The lowest BCUT2D eigenvalue weighted by Crippen LogP contribution is -2.58. The van der Waals surface area contributed by atoms with E-state index in [1.165, 1.54) is 0 Å². The highest BCUT2D eigenvalue weighted by Gasteiger charge is 2.60. The number of nitrogens with one attached hydrogen (secondary N) is 1. The average molecular weight is 401 g/mol. The quantitative estimate of drug-likeness (QED) is 0.711. The highest BCUT2D eigenvalue weighted by Crippen LogP contribution is 2.61. The molecule has 1 aromatic rings.